The van der Waals surface area contributed by atoms with E-state index in [0.717, 1.165) is 25.1 Å². The van der Waals surface area contributed by atoms with E-state index in [1.807, 2.05) is 25.2 Å². The number of halogens is 2. The number of nitrogens with zero attached hydrogens (tertiary/aromatic N) is 1. The predicted molar refractivity (Wildman–Crippen MR) is 94.8 cm³/mol. The lowest BCUT2D eigenvalue weighted by molar-refractivity contribution is -0.138. The summed E-state index contributed by atoms with van der Waals surface area (Å²) in [7, 11) is 1.89. The number of hydrogen-bond donors (Lipinski definition) is 1. The average molecular weight is 360 g/mol. The molecule has 3 rings (SSSR count). The van der Waals surface area contributed by atoms with E-state index in [2.05, 4.69) is 5.32 Å². The maximum Gasteiger partial charge on any atom is 0.268 e. The molecule has 1 saturated heterocycles. The molecule has 2 aromatic carbocycles. The summed E-state index contributed by atoms with van der Waals surface area (Å²) in [5.41, 5.74) is 0.680. The van der Waals surface area contributed by atoms with Crippen LogP contribution in [0, 0.1) is 17.6 Å². The number of carbonyl (C=O) groups excluding carboxylic acids is 1. The summed E-state index contributed by atoms with van der Waals surface area (Å²) in [5, 5.41) is 3.13. The zero-order valence-electron chi connectivity index (χ0n) is 14.6. The first-order valence-corrected chi connectivity index (χ1v) is 8.68. The number of hydrogen-bond acceptors (Lipinski definition) is 3. The molecule has 1 fully saturated rings. The SMILES string of the molecule is CNCC1CCN(C(=O)C(Oc2ccc(F)c(F)c2)c2ccccc2)C1. The van der Waals surface area contributed by atoms with E-state index in [1.54, 1.807) is 17.0 Å². The van der Waals surface area contributed by atoms with Gasteiger partial charge in [0.25, 0.3) is 5.91 Å². The Morgan fingerprint density at radius 3 is 2.69 bits per heavy atom. The van der Waals surface area contributed by atoms with E-state index in [1.165, 1.54) is 6.07 Å². The van der Waals surface area contributed by atoms with Crippen molar-refractivity contribution in [2.75, 3.05) is 26.7 Å². The Hall–Kier alpha value is -2.47. The lowest BCUT2D eigenvalue weighted by Crippen LogP contribution is -2.36. The normalized spacial score (nSPS) is 18.0. The molecule has 0 aliphatic carbocycles. The Morgan fingerprint density at radius 2 is 2.00 bits per heavy atom. The lowest BCUT2D eigenvalue weighted by atomic mass is 10.1. The summed E-state index contributed by atoms with van der Waals surface area (Å²) in [6.07, 6.45) is 0.0358. The van der Waals surface area contributed by atoms with Crippen molar-refractivity contribution in [2.45, 2.75) is 12.5 Å². The number of nitrogens with one attached hydrogen (secondary N) is 1. The Balaban J connectivity index is 1.82. The average Bonchev–Trinajstić information content (AvgIpc) is 3.12. The van der Waals surface area contributed by atoms with Crippen LogP contribution in [0.3, 0.4) is 0 Å². The van der Waals surface area contributed by atoms with Crippen LogP contribution in [0.25, 0.3) is 0 Å². The first kappa shape index (κ1) is 18.3. The minimum Gasteiger partial charge on any atom is -0.476 e. The van der Waals surface area contributed by atoms with Crippen LogP contribution in [0.2, 0.25) is 0 Å². The quantitative estimate of drug-likeness (QED) is 0.860. The highest BCUT2D eigenvalue weighted by molar-refractivity contribution is 5.83. The van der Waals surface area contributed by atoms with Gasteiger partial charge in [-0.05, 0) is 38.1 Å². The van der Waals surface area contributed by atoms with E-state index < -0.39 is 17.7 Å². The second-order valence-electron chi connectivity index (χ2n) is 6.48. The Labute approximate surface area is 151 Å². The molecule has 2 unspecified atom stereocenters. The fourth-order valence-electron chi connectivity index (χ4n) is 3.23. The van der Waals surface area contributed by atoms with Crippen LogP contribution in [0.1, 0.15) is 18.1 Å². The Bertz CT molecular complexity index is 755. The monoisotopic (exact) mass is 360 g/mol. The zero-order chi connectivity index (χ0) is 18.5. The molecular weight excluding hydrogens is 338 g/mol. The molecule has 1 aliphatic rings. The highest BCUT2D eigenvalue weighted by Crippen LogP contribution is 2.27. The minimum absolute atomic E-state index is 0.122. The molecule has 0 radical (unpaired) electrons. The van der Waals surface area contributed by atoms with Crippen LogP contribution >= 0.6 is 0 Å². The van der Waals surface area contributed by atoms with Gasteiger partial charge in [0.1, 0.15) is 5.75 Å². The summed E-state index contributed by atoms with van der Waals surface area (Å²) in [6.45, 7) is 2.17. The number of rotatable bonds is 6. The van der Waals surface area contributed by atoms with Gasteiger partial charge >= 0.3 is 0 Å². The first-order valence-electron chi connectivity index (χ1n) is 8.68. The molecule has 26 heavy (non-hydrogen) atoms. The largest absolute Gasteiger partial charge is 0.476 e. The molecule has 0 aromatic heterocycles. The molecular formula is C20H22F2N2O2. The van der Waals surface area contributed by atoms with Crippen LogP contribution in [0.5, 0.6) is 5.75 Å². The number of amides is 1. The Morgan fingerprint density at radius 1 is 1.23 bits per heavy atom. The number of benzene rings is 2. The maximum absolute atomic E-state index is 13.5. The molecule has 0 spiro atoms. The van der Waals surface area contributed by atoms with Gasteiger partial charge in [-0.25, -0.2) is 8.78 Å². The van der Waals surface area contributed by atoms with Gasteiger partial charge in [-0.3, -0.25) is 4.79 Å². The predicted octanol–water partition coefficient (Wildman–Crippen LogP) is 3.15. The molecule has 4 nitrogen and oxygen atoms in total. The van der Waals surface area contributed by atoms with Crippen LogP contribution < -0.4 is 10.1 Å². The third-order valence-corrected chi connectivity index (χ3v) is 4.56. The summed E-state index contributed by atoms with van der Waals surface area (Å²) in [6, 6.07) is 12.4. The van der Waals surface area contributed by atoms with Crippen LogP contribution in [-0.4, -0.2) is 37.5 Å². The van der Waals surface area contributed by atoms with E-state index in [4.69, 9.17) is 4.74 Å². The van der Waals surface area contributed by atoms with Crippen LogP contribution in [0.15, 0.2) is 48.5 Å². The standard InChI is InChI=1S/C20H22F2N2O2/c1-23-12-14-9-10-24(13-14)20(25)19(15-5-3-2-4-6-15)26-16-7-8-17(21)18(22)11-16/h2-8,11,14,19,23H,9-10,12-13H2,1H3. The van der Waals surface area contributed by atoms with Crippen molar-refractivity contribution in [3.63, 3.8) is 0 Å². The highest BCUT2D eigenvalue weighted by atomic mass is 19.2. The second kappa shape index (κ2) is 8.27. The minimum atomic E-state index is -1.00. The second-order valence-corrected chi connectivity index (χ2v) is 6.48. The summed E-state index contributed by atoms with van der Waals surface area (Å²) in [5.74, 6) is -1.59. The van der Waals surface area contributed by atoms with Crippen molar-refractivity contribution in [3.8, 4) is 5.75 Å². The molecule has 1 aliphatic heterocycles. The van der Waals surface area contributed by atoms with Crippen molar-refractivity contribution >= 4 is 5.91 Å². The van der Waals surface area contributed by atoms with Gasteiger partial charge in [-0.1, -0.05) is 30.3 Å². The molecule has 138 valence electrons. The molecule has 2 atom stereocenters. The van der Waals surface area contributed by atoms with Crippen molar-refractivity contribution in [3.05, 3.63) is 65.7 Å². The van der Waals surface area contributed by atoms with Crippen LogP contribution in [0.4, 0.5) is 8.78 Å². The zero-order valence-corrected chi connectivity index (χ0v) is 14.6. The first-order chi connectivity index (χ1) is 12.6. The third kappa shape index (κ3) is 4.19. The van der Waals surface area contributed by atoms with Gasteiger partial charge in [0.15, 0.2) is 11.6 Å². The van der Waals surface area contributed by atoms with Gasteiger partial charge < -0.3 is 15.0 Å². The van der Waals surface area contributed by atoms with Crippen LogP contribution in [-0.2, 0) is 4.79 Å². The van der Waals surface area contributed by atoms with E-state index in [0.29, 0.717) is 24.6 Å². The van der Waals surface area contributed by atoms with Crippen molar-refractivity contribution in [1.82, 2.24) is 10.2 Å². The van der Waals surface area contributed by atoms with E-state index >= 15 is 0 Å². The van der Waals surface area contributed by atoms with Gasteiger partial charge in [-0.2, -0.15) is 0 Å². The highest BCUT2D eigenvalue weighted by Gasteiger charge is 2.33. The van der Waals surface area contributed by atoms with E-state index in [-0.39, 0.29) is 11.7 Å². The van der Waals surface area contributed by atoms with E-state index in [9.17, 15) is 13.6 Å². The topological polar surface area (TPSA) is 41.6 Å². The van der Waals surface area contributed by atoms with Crippen molar-refractivity contribution in [1.29, 1.82) is 0 Å². The fourth-order valence-corrected chi connectivity index (χ4v) is 3.23. The summed E-state index contributed by atoms with van der Waals surface area (Å²) >= 11 is 0. The maximum atomic E-state index is 13.5. The van der Waals surface area contributed by atoms with Crippen molar-refractivity contribution < 1.29 is 18.3 Å². The van der Waals surface area contributed by atoms with Gasteiger partial charge in [0.2, 0.25) is 6.10 Å². The van der Waals surface area contributed by atoms with Gasteiger partial charge in [0.05, 0.1) is 0 Å². The number of ether oxygens (including phenoxy) is 1. The number of carbonyl (C=O) groups is 1. The Kier molecular flexibility index (Phi) is 5.83. The summed E-state index contributed by atoms with van der Waals surface area (Å²) in [4.78, 5) is 14.8. The third-order valence-electron chi connectivity index (χ3n) is 4.56. The molecule has 1 amide bonds. The molecule has 0 bridgehead atoms. The van der Waals surface area contributed by atoms with Gasteiger partial charge in [-0.15, -0.1) is 0 Å². The molecule has 2 aromatic rings. The summed E-state index contributed by atoms with van der Waals surface area (Å²) < 4.78 is 32.5. The molecule has 0 saturated carbocycles. The molecule has 6 heteroatoms. The van der Waals surface area contributed by atoms with Gasteiger partial charge in [0, 0.05) is 24.7 Å². The fraction of sp³-hybridized carbons (Fsp3) is 0.350. The smallest absolute Gasteiger partial charge is 0.268 e. The lowest BCUT2D eigenvalue weighted by Gasteiger charge is -2.25. The number of likely N-dealkylation sites (tertiary alicyclic amines) is 1. The van der Waals surface area contributed by atoms with Crippen molar-refractivity contribution in [2.24, 2.45) is 5.92 Å². The molecule has 1 heterocycles. The molecule has 1 N–H and O–H groups in total.